The molecular formula is C18H23N. The van der Waals surface area contributed by atoms with Crippen molar-refractivity contribution >= 4 is 10.8 Å². The Morgan fingerprint density at radius 3 is 2.68 bits per heavy atom. The number of nitrogens with one attached hydrogen (secondary N) is 1. The molecule has 1 saturated carbocycles. The van der Waals surface area contributed by atoms with Crippen LogP contribution in [0.25, 0.3) is 10.8 Å². The Kier molecular flexibility index (Phi) is 3.84. The summed E-state index contributed by atoms with van der Waals surface area (Å²) in [5, 5.41) is 6.33. The van der Waals surface area contributed by atoms with Gasteiger partial charge in [-0.15, -0.1) is 0 Å². The molecule has 0 heterocycles. The molecule has 2 aromatic rings. The first kappa shape index (κ1) is 12.7. The van der Waals surface area contributed by atoms with Gasteiger partial charge in [-0.3, -0.25) is 0 Å². The van der Waals surface area contributed by atoms with Crippen molar-refractivity contribution in [2.24, 2.45) is 5.92 Å². The Morgan fingerprint density at radius 2 is 1.79 bits per heavy atom. The summed E-state index contributed by atoms with van der Waals surface area (Å²) in [5.41, 5.74) is 1.52. The van der Waals surface area contributed by atoms with E-state index in [1.807, 2.05) is 0 Å². The van der Waals surface area contributed by atoms with Crippen molar-refractivity contribution in [1.29, 1.82) is 0 Å². The summed E-state index contributed by atoms with van der Waals surface area (Å²) in [5.74, 6) is 0.796. The Labute approximate surface area is 116 Å². The van der Waals surface area contributed by atoms with Crippen LogP contribution in [0.3, 0.4) is 0 Å². The van der Waals surface area contributed by atoms with Crippen LogP contribution in [0.5, 0.6) is 0 Å². The summed E-state index contributed by atoms with van der Waals surface area (Å²) in [6.07, 6.45) is 6.71. The average molecular weight is 253 g/mol. The summed E-state index contributed by atoms with van der Waals surface area (Å²) in [6.45, 7) is 0. The van der Waals surface area contributed by atoms with Gasteiger partial charge in [0.15, 0.2) is 0 Å². The molecule has 1 aliphatic rings. The van der Waals surface area contributed by atoms with Gasteiger partial charge in [0, 0.05) is 6.04 Å². The molecule has 0 bridgehead atoms. The first-order valence-electron chi connectivity index (χ1n) is 7.52. The van der Waals surface area contributed by atoms with Gasteiger partial charge in [0.2, 0.25) is 0 Å². The molecule has 19 heavy (non-hydrogen) atoms. The fraction of sp³-hybridized carbons (Fsp3) is 0.444. The third-order valence-corrected chi connectivity index (χ3v) is 4.64. The lowest BCUT2D eigenvalue weighted by Crippen LogP contribution is -2.37. The quantitative estimate of drug-likeness (QED) is 0.866. The molecule has 1 aliphatic carbocycles. The standard InChI is InChI=1S/C18H23N/c1-19-18-12-5-3-8-16(18)13-15-10-6-9-14-7-2-4-11-17(14)15/h2,4,6-7,9-11,16,18-19H,3,5,8,12-13H2,1H3. The zero-order valence-corrected chi connectivity index (χ0v) is 11.7. The maximum absolute atomic E-state index is 3.52. The molecule has 0 spiro atoms. The second-order valence-corrected chi connectivity index (χ2v) is 5.78. The van der Waals surface area contributed by atoms with Crippen molar-refractivity contribution in [3.8, 4) is 0 Å². The Balaban J connectivity index is 1.88. The highest BCUT2D eigenvalue weighted by atomic mass is 14.9. The second kappa shape index (κ2) is 5.75. The minimum absolute atomic E-state index is 0.702. The minimum Gasteiger partial charge on any atom is -0.317 e. The molecule has 0 aromatic heterocycles. The van der Waals surface area contributed by atoms with Crippen molar-refractivity contribution < 1.29 is 0 Å². The van der Waals surface area contributed by atoms with E-state index in [-0.39, 0.29) is 0 Å². The fourth-order valence-electron chi connectivity index (χ4n) is 3.58. The maximum atomic E-state index is 3.52. The molecule has 0 aliphatic heterocycles. The van der Waals surface area contributed by atoms with E-state index in [0.29, 0.717) is 6.04 Å². The van der Waals surface area contributed by atoms with Gasteiger partial charge in [0.25, 0.3) is 0 Å². The number of benzene rings is 2. The lowest BCUT2D eigenvalue weighted by Gasteiger charge is -2.31. The van der Waals surface area contributed by atoms with Crippen LogP contribution in [0.2, 0.25) is 0 Å². The molecule has 1 fully saturated rings. The number of rotatable bonds is 3. The molecule has 0 radical (unpaired) electrons. The lowest BCUT2D eigenvalue weighted by molar-refractivity contribution is 0.273. The topological polar surface area (TPSA) is 12.0 Å². The summed E-state index contributed by atoms with van der Waals surface area (Å²) in [7, 11) is 2.12. The van der Waals surface area contributed by atoms with Gasteiger partial charge in [-0.1, -0.05) is 55.3 Å². The van der Waals surface area contributed by atoms with Gasteiger partial charge in [-0.25, -0.2) is 0 Å². The fourth-order valence-corrected chi connectivity index (χ4v) is 3.58. The number of fused-ring (bicyclic) bond motifs is 1. The Bertz CT molecular complexity index is 541. The smallest absolute Gasteiger partial charge is 0.00955 e. The molecule has 2 aromatic carbocycles. The first-order chi connectivity index (χ1) is 9.38. The van der Waals surface area contributed by atoms with E-state index in [1.165, 1.54) is 48.4 Å². The highest BCUT2D eigenvalue weighted by Crippen LogP contribution is 2.29. The van der Waals surface area contributed by atoms with Crippen LogP contribution in [0.4, 0.5) is 0 Å². The van der Waals surface area contributed by atoms with Gasteiger partial charge >= 0.3 is 0 Å². The predicted octanol–water partition coefficient (Wildman–Crippen LogP) is 4.16. The molecule has 2 atom stereocenters. The van der Waals surface area contributed by atoms with Crippen LogP contribution in [0.1, 0.15) is 31.2 Å². The Morgan fingerprint density at radius 1 is 1.00 bits per heavy atom. The number of hydrogen-bond donors (Lipinski definition) is 1. The van der Waals surface area contributed by atoms with E-state index in [1.54, 1.807) is 0 Å². The van der Waals surface area contributed by atoms with Gasteiger partial charge in [0.05, 0.1) is 0 Å². The van der Waals surface area contributed by atoms with E-state index in [4.69, 9.17) is 0 Å². The summed E-state index contributed by atoms with van der Waals surface area (Å²) < 4.78 is 0. The van der Waals surface area contributed by atoms with E-state index < -0.39 is 0 Å². The van der Waals surface area contributed by atoms with Crippen molar-refractivity contribution in [1.82, 2.24) is 5.32 Å². The largest absolute Gasteiger partial charge is 0.317 e. The van der Waals surface area contributed by atoms with Crippen LogP contribution < -0.4 is 5.32 Å². The predicted molar refractivity (Wildman–Crippen MR) is 82.5 cm³/mol. The zero-order chi connectivity index (χ0) is 13.1. The third kappa shape index (κ3) is 2.66. The van der Waals surface area contributed by atoms with Crippen LogP contribution in [-0.4, -0.2) is 13.1 Å². The summed E-state index contributed by atoms with van der Waals surface area (Å²) in [4.78, 5) is 0. The number of hydrogen-bond acceptors (Lipinski definition) is 1. The molecule has 0 amide bonds. The minimum atomic E-state index is 0.702. The van der Waals surface area contributed by atoms with Gasteiger partial charge in [-0.05, 0) is 48.6 Å². The Hall–Kier alpha value is -1.34. The van der Waals surface area contributed by atoms with Crippen LogP contribution in [0.15, 0.2) is 42.5 Å². The van der Waals surface area contributed by atoms with Gasteiger partial charge in [0.1, 0.15) is 0 Å². The summed E-state index contributed by atoms with van der Waals surface area (Å²) >= 11 is 0. The van der Waals surface area contributed by atoms with Crippen molar-refractivity contribution in [3.05, 3.63) is 48.0 Å². The van der Waals surface area contributed by atoms with E-state index in [9.17, 15) is 0 Å². The van der Waals surface area contributed by atoms with Gasteiger partial charge in [-0.2, -0.15) is 0 Å². The normalized spacial score (nSPS) is 23.6. The van der Waals surface area contributed by atoms with E-state index in [0.717, 1.165) is 5.92 Å². The third-order valence-electron chi connectivity index (χ3n) is 4.64. The molecule has 100 valence electrons. The molecule has 3 rings (SSSR count). The lowest BCUT2D eigenvalue weighted by atomic mass is 9.80. The van der Waals surface area contributed by atoms with Crippen LogP contribution in [-0.2, 0) is 6.42 Å². The highest BCUT2D eigenvalue weighted by Gasteiger charge is 2.24. The average Bonchev–Trinajstić information content (AvgIpc) is 2.48. The van der Waals surface area contributed by atoms with Crippen molar-refractivity contribution in [3.63, 3.8) is 0 Å². The molecular weight excluding hydrogens is 230 g/mol. The molecule has 0 saturated heterocycles. The molecule has 1 heteroatoms. The molecule has 2 unspecified atom stereocenters. The SMILES string of the molecule is CNC1CCCCC1Cc1cccc2ccccc12. The van der Waals surface area contributed by atoms with Crippen molar-refractivity contribution in [2.45, 2.75) is 38.1 Å². The maximum Gasteiger partial charge on any atom is 0.00955 e. The van der Waals surface area contributed by atoms with Gasteiger partial charge < -0.3 is 5.32 Å². The van der Waals surface area contributed by atoms with Crippen LogP contribution in [0, 0.1) is 5.92 Å². The van der Waals surface area contributed by atoms with E-state index in [2.05, 4.69) is 54.8 Å². The zero-order valence-electron chi connectivity index (χ0n) is 11.7. The first-order valence-corrected chi connectivity index (χ1v) is 7.52. The van der Waals surface area contributed by atoms with Crippen molar-refractivity contribution in [2.75, 3.05) is 7.05 Å². The second-order valence-electron chi connectivity index (χ2n) is 5.78. The highest BCUT2D eigenvalue weighted by molar-refractivity contribution is 5.85. The molecule has 1 nitrogen and oxygen atoms in total. The monoisotopic (exact) mass is 253 g/mol. The molecule has 1 N–H and O–H groups in total. The van der Waals surface area contributed by atoms with Crippen LogP contribution >= 0.6 is 0 Å². The summed E-state index contributed by atoms with van der Waals surface area (Å²) in [6, 6.07) is 16.2. The van der Waals surface area contributed by atoms with E-state index >= 15 is 0 Å².